The molecule has 3 heterocycles. The normalized spacial score (nSPS) is 15.8. The first-order valence-electron chi connectivity index (χ1n) is 22.5. The number of ether oxygens (including phenoxy) is 4. The fourth-order valence-corrected chi connectivity index (χ4v) is 12.6. The highest BCUT2D eigenvalue weighted by Gasteiger charge is 2.40. The Morgan fingerprint density at radius 2 is 1.33 bits per heavy atom. The predicted molar refractivity (Wildman–Crippen MR) is 307 cm³/mol. The number of aromatic nitrogens is 1. The summed E-state index contributed by atoms with van der Waals surface area (Å²) in [4.78, 5) is 26.5. The predicted octanol–water partition coefficient (Wildman–Crippen LogP) is 8.26. The summed E-state index contributed by atoms with van der Waals surface area (Å²) in [6.07, 6.45) is 7.32. The first kappa shape index (κ1) is 66.4. The topological polar surface area (TPSA) is 288 Å². The summed E-state index contributed by atoms with van der Waals surface area (Å²) in [5.74, 6) is 0.238. The summed E-state index contributed by atoms with van der Waals surface area (Å²) in [6.45, 7) is 9.14. The average Bonchev–Trinajstić information content (AvgIpc) is 4.08. The third-order valence-corrected chi connectivity index (χ3v) is 18.2. The van der Waals surface area contributed by atoms with Gasteiger partial charge in [0.25, 0.3) is 9.05 Å². The largest absolute Gasteiger partial charge is 0.376 e. The van der Waals surface area contributed by atoms with Gasteiger partial charge in [-0.2, -0.15) is 0 Å². The summed E-state index contributed by atoms with van der Waals surface area (Å²) in [7, 11) is -5.42. The smallest absolute Gasteiger partial charge is 0.262 e. The molecule has 29 heteroatoms. The third kappa shape index (κ3) is 23.2. The Hall–Kier alpha value is -2.86. The zero-order valence-corrected chi connectivity index (χ0v) is 50.8. The third-order valence-electron chi connectivity index (χ3n) is 10.7. The van der Waals surface area contributed by atoms with Crippen LogP contribution in [0.1, 0.15) is 67.6 Å². The Labute approximate surface area is 481 Å². The lowest BCUT2D eigenvalue weighted by Crippen LogP contribution is -2.39. The number of hydrogen-bond acceptors (Lipinski definition) is 17. The van der Waals surface area contributed by atoms with E-state index in [1.807, 2.05) is 6.92 Å². The van der Waals surface area contributed by atoms with Crippen LogP contribution in [0.25, 0.3) is 10.4 Å². The Morgan fingerprint density at radius 3 is 1.81 bits per heavy atom. The van der Waals surface area contributed by atoms with Crippen molar-refractivity contribution < 1.29 is 53.8 Å². The number of hydrogen-bond donors (Lipinski definition) is 5. The van der Waals surface area contributed by atoms with E-state index in [2.05, 4.69) is 43.8 Å². The molecule has 18 nitrogen and oxygen atoms in total. The van der Waals surface area contributed by atoms with Gasteiger partial charge in [0, 0.05) is 62.0 Å². The Kier molecular flexibility index (Phi) is 27.0. The summed E-state index contributed by atoms with van der Waals surface area (Å²) in [5.41, 5.74) is 18.9. The number of rotatable bonds is 13. The van der Waals surface area contributed by atoms with Gasteiger partial charge >= 0.3 is 0 Å². The number of nitrogens with zero attached hydrogens (tertiary/aromatic N) is 1. The number of carbonyl (C=O) groups excluding carboxylic acids is 2. The molecule has 0 bridgehead atoms. The molecule has 0 radical (unpaired) electrons. The van der Waals surface area contributed by atoms with Gasteiger partial charge in [-0.05, 0) is 117 Å². The number of aryl methyl sites for hydroxylation is 1. The van der Waals surface area contributed by atoms with Gasteiger partial charge in [-0.15, -0.1) is 0 Å². The average molecular weight is 1300 g/mol. The highest BCUT2D eigenvalue weighted by atomic mass is 79.9. The van der Waals surface area contributed by atoms with E-state index in [9.17, 15) is 34.8 Å². The molecule has 1 aromatic heterocycles. The van der Waals surface area contributed by atoms with Crippen LogP contribution in [0.15, 0.2) is 69.3 Å². The molecule has 1 spiro atoms. The van der Waals surface area contributed by atoms with Crippen molar-refractivity contribution in [1.29, 1.82) is 0 Å². The van der Waals surface area contributed by atoms with E-state index in [1.165, 1.54) is 49.4 Å². The van der Waals surface area contributed by atoms with Gasteiger partial charge in [0.1, 0.15) is 16.5 Å². The second kappa shape index (κ2) is 30.5. The molecule has 2 saturated heterocycles. The van der Waals surface area contributed by atoms with Crippen molar-refractivity contribution in [3.8, 4) is 10.4 Å². The van der Waals surface area contributed by atoms with Crippen molar-refractivity contribution in [2.24, 2.45) is 17.4 Å². The maximum atomic E-state index is 11.6. The van der Waals surface area contributed by atoms with Crippen molar-refractivity contribution in [3.05, 3.63) is 86.5 Å². The van der Waals surface area contributed by atoms with E-state index in [1.54, 1.807) is 30.3 Å². The minimum Gasteiger partial charge on any atom is -0.376 e. The molecule has 8 N–H and O–H groups in total. The van der Waals surface area contributed by atoms with Gasteiger partial charge in [0.05, 0.1) is 66.7 Å². The molecule has 7 rings (SSSR count). The highest BCUT2D eigenvalue weighted by molar-refractivity contribution is 9.09. The number of thiocarbonyl (C=S) groups is 2. The van der Waals surface area contributed by atoms with Gasteiger partial charge < -0.3 is 46.8 Å². The fraction of sp³-hybridized carbons (Fsp3) is 0.457. The number of ketones is 2. The minimum atomic E-state index is -3.86. The lowest BCUT2D eigenvalue weighted by atomic mass is 9.85. The summed E-state index contributed by atoms with van der Waals surface area (Å²) >= 11 is 31.3. The maximum absolute atomic E-state index is 11.6. The number of halogens is 5. The van der Waals surface area contributed by atoms with E-state index in [0.717, 1.165) is 80.5 Å². The van der Waals surface area contributed by atoms with Crippen LogP contribution in [0.5, 0.6) is 0 Å². The molecule has 2 aliphatic heterocycles. The number of nitrogen functional groups attached to an aromatic ring is 1. The monoisotopic (exact) mass is 1300 g/mol. The molecular formula is C46H59BrCl4N6O12S6. The van der Waals surface area contributed by atoms with Crippen LogP contribution in [0, 0.1) is 12.8 Å². The molecule has 75 heavy (non-hydrogen) atoms. The summed E-state index contributed by atoms with van der Waals surface area (Å²) < 4.78 is 89.9. The number of nitrogens with two attached hydrogens (primary N) is 3. The quantitative estimate of drug-likeness (QED) is 0.0478. The van der Waals surface area contributed by atoms with Gasteiger partial charge in [-0.1, -0.05) is 80.3 Å². The molecule has 1 atom stereocenters. The number of thiazole rings is 1. The Morgan fingerprint density at radius 1 is 0.813 bits per heavy atom. The fourth-order valence-electron chi connectivity index (χ4n) is 7.18. The summed E-state index contributed by atoms with van der Waals surface area (Å²) in [6, 6.07) is 13.7. The van der Waals surface area contributed by atoms with E-state index in [-0.39, 0.29) is 59.8 Å². The lowest BCUT2D eigenvalue weighted by molar-refractivity contribution is -0.182. The molecule has 3 aromatic carbocycles. The number of nitrogens with one attached hydrogen (secondary N) is 2. The van der Waals surface area contributed by atoms with E-state index in [4.69, 9.17) is 93.9 Å². The maximum Gasteiger partial charge on any atom is 0.262 e. The number of benzene rings is 3. The van der Waals surface area contributed by atoms with Crippen LogP contribution >= 0.6 is 97.2 Å². The molecule has 1 aliphatic carbocycles. The van der Waals surface area contributed by atoms with Crippen molar-refractivity contribution in [2.45, 2.75) is 90.9 Å². The van der Waals surface area contributed by atoms with E-state index >= 15 is 0 Å². The summed E-state index contributed by atoms with van der Waals surface area (Å²) in [5, 5.41) is 7.45. The number of alkyl halides is 1. The molecule has 1 unspecified atom stereocenters. The number of anilines is 1. The van der Waals surface area contributed by atoms with Crippen molar-refractivity contribution in [1.82, 2.24) is 15.6 Å². The first-order chi connectivity index (χ1) is 34.8. The van der Waals surface area contributed by atoms with E-state index < -0.39 is 33.6 Å². The molecule has 1 saturated carbocycles. The molecule has 416 valence electrons. The zero-order valence-electron chi connectivity index (χ0n) is 41.3. The van der Waals surface area contributed by atoms with E-state index in [0.29, 0.717) is 52.2 Å². The first-order valence-corrected chi connectivity index (χ1v) is 32.3. The molecule has 3 fully saturated rings. The molecular weight excluding hydrogens is 1240 g/mol. The van der Waals surface area contributed by atoms with Gasteiger partial charge in [0.2, 0.25) is 0 Å². The second-order valence-corrected chi connectivity index (χ2v) is 27.5. The van der Waals surface area contributed by atoms with Crippen molar-refractivity contribution >= 4 is 153 Å². The molecule has 3 aliphatic rings. The molecule has 0 amide bonds. The standard InChI is InChI=1S/C11H11ClN2O2S2.C10H10BrClO3S.C10H18N2O2S.C9H8Cl2O3S.C6H12N2O2S/c1-6-10(17-11(13)14-6)7-3-4-8(12)9(5-7)18(2,15)16;1-6(13)10(11)7-3-4-8(12)9(5-7)16(2,14)15;11-9(15)12-7-8-1-3-10(4-2-8)13-5-6-14-10;1-6(12)4-7-2-3-8(10)9(5-7)15(11,13)14;7-6(11)8-2-1-5-9-3-4-10-5/h3-5H,1-2H3,(H2,13,14);3-5,10H,1-2H3;8H,1-7H2,(H3,11,12,15);2-3,5H,4H2,1H3;5H,1-4H2,(H3,7,8,11). The zero-order chi connectivity index (χ0) is 56.5. The van der Waals surface area contributed by atoms with Gasteiger partial charge in [-0.3, -0.25) is 9.59 Å². The minimum absolute atomic E-state index is 0.0392. The van der Waals surface area contributed by atoms with Crippen LogP contribution in [0.3, 0.4) is 0 Å². The Balaban J connectivity index is 0.000000249. The van der Waals surface area contributed by atoms with Gasteiger partial charge in [-0.25, -0.2) is 30.2 Å². The van der Waals surface area contributed by atoms with Gasteiger partial charge in [0.15, 0.2) is 47.1 Å². The van der Waals surface area contributed by atoms with Crippen molar-refractivity contribution in [2.75, 3.05) is 57.8 Å². The van der Waals surface area contributed by atoms with Crippen LogP contribution in [0.2, 0.25) is 15.1 Å². The lowest BCUT2D eigenvalue weighted by Gasteiger charge is -2.35. The second-order valence-electron chi connectivity index (χ2n) is 16.9. The number of sulfone groups is 2. The van der Waals surface area contributed by atoms with Crippen molar-refractivity contribution in [3.63, 3.8) is 0 Å². The van der Waals surface area contributed by atoms with Crippen LogP contribution in [-0.4, -0.2) is 116 Å². The SMILES string of the molecule is CC(=O)C(Br)c1ccc(Cl)c(S(C)(=O)=O)c1.CC(=O)Cc1ccc(Cl)c(S(=O)(=O)Cl)c1.Cc1nc(N)sc1-c1ccc(Cl)c(S(C)(=O)=O)c1.NC(=S)NCC1CCC2(CC1)OCCO2.NC(=S)NCCC1OCCO1. The number of carbonyl (C=O) groups is 2. The van der Waals surface area contributed by atoms with Crippen LogP contribution in [0.4, 0.5) is 5.13 Å². The molecule has 4 aromatic rings. The number of Topliss-reactive ketones (excluding diaryl/α,β-unsaturated/α-hetero) is 2. The van der Waals surface area contributed by atoms with Crippen LogP contribution < -0.4 is 27.8 Å². The van der Waals surface area contributed by atoms with Crippen LogP contribution in [-0.2, 0) is 63.7 Å². The Bertz CT molecular complexity index is 2970. The highest BCUT2D eigenvalue weighted by Crippen LogP contribution is 2.38.